The van der Waals surface area contributed by atoms with Gasteiger partial charge in [-0.25, -0.2) is 0 Å². The van der Waals surface area contributed by atoms with Crippen LogP contribution in [-0.4, -0.2) is 50.2 Å². The molecule has 2 aliphatic heterocycles. The van der Waals surface area contributed by atoms with Crippen LogP contribution in [0.4, 0.5) is 0 Å². The van der Waals surface area contributed by atoms with Crippen molar-refractivity contribution >= 4 is 5.97 Å². The first-order valence-corrected chi connectivity index (χ1v) is 9.57. The lowest BCUT2D eigenvalue weighted by Gasteiger charge is -2.47. The quantitative estimate of drug-likeness (QED) is 0.660. The smallest absolute Gasteiger partial charge is 0.323 e. The highest BCUT2D eigenvalue weighted by molar-refractivity contribution is 5.76. The van der Waals surface area contributed by atoms with Crippen molar-refractivity contribution in [2.24, 2.45) is 23.5 Å². The van der Waals surface area contributed by atoms with Crippen molar-refractivity contribution in [1.29, 1.82) is 0 Å². The fourth-order valence-corrected chi connectivity index (χ4v) is 3.88. The molecule has 1 saturated heterocycles. The fraction of sp³-hybridized carbons (Fsp3) is 0.708. The van der Waals surface area contributed by atoms with E-state index in [-0.39, 0.29) is 24.4 Å². The predicted molar refractivity (Wildman–Crippen MR) is 118 cm³/mol. The number of nitrogens with zero attached hydrogens (tertiary/aromatic N) is 1. The number of rotatable bonds is 7. The summed E-state index contributed by atoms with van der Waals surface area (Å²) in [4.78, 5) is 14.6. The first kappa shape index (κ1) is 9.37. The molecule has 0 spiro atoms. The minimum absolute atomic E-state index is 0.137. The first-order chi connectivity index (χ1) is 20.9. The molecule has 6 nitrogen and oxygen atoms in total. The minimum atomic E-state index is -3.84. The summed E-state index contributed by atoms with van der Waals surface area (Å²) in [5.74, 6) is -8.03. The molecule has 4 atom stereocenters. The highest BCUT2D eigenvalue weighted by atomic mass is 16.5. The second-order valence-corrected chi connectivity index (χ2v) is 7.77. The van der Waals surface area contributed by atoms with E-state index >= 15 is 0 Å². The van der Waals surface area contributed by atoms with E-state index in [9.17, 15) is 4.79 Å². The lowest BCUT2D eigenvalue weighted by molar-refractivity contribution is -0.160. The Bertz CT molecular complexity index is 1360. The largest absolute Gasteiger partial charge is 0.493 e. The van der Waals surface area contributed by atoms with Crippen LogP contribution in [0.2, 0.25) is 0 Å². The van der Waals surface area contributed by atoms with Gasteiger partial charge in [0.25, 0.3) is 0 Å². The van der Waals surface area contributed by atoms with Gasteiger partial charge in [0.05, 0.1) is 22.4 Å². The molecule has 0 bridgehead atoms. The van der Waals surface area contributed by atoms with Crippen LogP contribution in [0.15, 0.2) is 12.1 Å². The molecular weight excluding hydrogens is 380 g/mol. The van der Waals surface area contributed by atoms with Gasteiger partial charge in [0.15, 0.2) is 11.5 Å². The molecular formula is C24H38N2O4. The van der Waals surface area contributed by atoms with Crippen LogP contribution >= 0.6 is 0 Å². The van der Waals surface area contributed by atoms with Crippen LogP contribution in [0.25, 0.3) is 0 Å². The maximum absolute atomic E-state index is 13.5. The van der Waals surface area contributed by atoms with Crippen molar-refractivity contribution in [3.8, 4) is 11.5 Å². The third kappa shape index (κ3) is 4.75. The summed E-state index contributed by atoms with van der Waals surface area (Å²) in [5, 5.41) is 0. The number of carbonyl (C=O) groups is 1. The molecule has 1 fully saturated rings. The first-order valence-electron chi connectivity index (χ1n) is 18.1. The zero-order valence-corrected chi connectivity index (χ0v) is 17.1. The Morgan fingerprint density at radius 1 is 1.40 bits per heavy atom. The van der Waals surface area contributed by atoms with Crippen molar-refractivity contribution in [3.63, 3.8) is 0 Å². The van der Waals surface area contributed by atoms with E-state index in [1.54, 1.807) is 13.8 Å². The van der Waals surface area contributed by atoms with Crippen molar-refractivity contribution in [2.75, 3.05) is 27.2 Å². The Hall–Kier alpha value is -1.79. The molecule has 3 rings (SSSR count). The number of hydrogen-bond acceptors (Lipinski definition) is 6. The molecule has 30 heavy (non-hydrogen) atoms. The topological polar surface area (TPSA) is 74.0 Å². The molecule has 2 heterocycles. The molecule has 0 aliphatic carbocycles. The highest BCUT2D eigenvalue weighted by Crippen LogP contribution is 2.44. The number of carbonyl (C=O) groups excluding carboxylic acids is 1. The summed E-state index contributed by atoms with van der Waals surface area (Å²) in [6.45, 7) is -7.19. The summed E-state index contributed by atoms with van der Waals surface area (Å²) in [6, 6.07) is -6.54. The van der Waals surface area contributed by atoms with E-state index < -0.39 is 105 Å². The van der Waals surface area contributed by atoms with Crippen LogP contribution in [0.3, 0.4) is 0 Å². The number of esters is 1. The zero-order chi connectivity index (χ0) is 36.7. The van der Waals surface area contributed by atoms with Crippen molar-refractivity contribution in [2.45, 2.75) is 64.9 Å². The molecule has 2 aliphatic rings. The number of ether oxygens (including phenoxy) is 3. The number of nitrogens with two attached hydrogens (primary N) is 1. The molecule has 0 saturated carbocycles. The fourth-order valence-electron chi connectivity index (χ4n) is 3.88. The molecule has 2 N–H and O–H groups in total. The molecule has 0 aromatic heterocycles. The van der Waals surface area contributed by atoms with Gasteiger partial charge < -0.3 is 19.9 Å². The van der Waals surface area contributed by atoms with Gasteiger partial charge in [0.2, 0.25) is 0 Å². The molecule has 3 unspecified atom stereocenters. The van der Waals surface area contributed by atoms with E-state index in [4.69, 9.17) is 43.2 Å². The van der Waals surface area contributed by atoms with Gasteiger partial charge in [-0.15, -0.1) is 0 Å². The Kier molecular flexibility index (Phi) is 2.99. The normalized spacial score (nSPS) is 39.2. The van der Waals surface area contributed by atoms with Gasteiger partial charge in [-0.05, 0) is 47.8 Å². The van der Waals surface area contributed by atoms with Gasteiger partial charge >= 0.3 is 5.97 Å². The summed E-state index contributed by atoms with van der Waals surface area (Å²) in [7, 11) is -2.10. The average molecular weight is 436 g/mol. The monoisotopic (exact) mass is 435 g/mol. The Balaban J connectivity index is 2.25. The number of benzene rings is 1. The molecule has 6 heteroatoms. The van der Waals surface area contributed by atoms with Gasteiger partial charge in [0.1, 0.15) is 12.1 Å². The third-order valence-electron chi connectivity index (χ3n) is 5.24. The Morgan fingerprint density at radius 3 is 2.83 bits per heavy atom. The van der Waals surface area contributed by atoms with E-state index in [1.165, 1.54) is 0 Å². The standard InChI is InChI=1S/C24H38N2O4/c1-14(2)9-17-13-26-8-7-16-10-21(28-5)22(29-6)11-18(16)19(26)12-20(17)30-24(27)23(25)15(3)4/h10-11,14-15,17,19-20,23H,7-9,12-13,25H2,1-6H3/t17?,19?,20?,23-/m0/s1/i3D3,4D3,5D3,7D2,8D2,10D,11D,15D,23D. The van der Waals surface area contributed by atoms with E-state index in [1.807, 2.05) is 0 Å². The Labute approximate surface area is 204 Å². The number of methoxy groups -OCH3 is 2. The second kappa shape index (κ2) is 9.56. The van der Waals surface area contributed by atoms with Gasteiger partial charge in [-0.3, -0.25) is 9.69 Å². The van der Waals surface area contributed by atoms with Crippen molar-refractivity contribution in [1.82, 2.24) is 4.90 Å². The lowest BCUT2D eigenvalue weighted by Crippen LogP contribution is -2.51. The van der Waals surface area contributed by atoms with Crippen LogP contribution in [0.5, 0.6) is 11.5 Å². The Morgan fingerprint density at radius 2 is 2.17 bits per heavy atom. The SMILES string of the molecule is [2H]c1c(OC)c(OC([2H])([2H])[2H])c([2H])c2c1C1CC(OC(=O)[C@@]([2H])(N)C([2H])(C([2H])([2H])[2H])C([2H])([2H])[2H])C(CC(C)C)CN1C([2H])([2H])C2([2H])[2H]. The van der Waals surface area contributed by atoms with Crippen molar-refractivity contribution < 1.29 is 42.3 Å². The molecule has 168 valence electrons. The predicted octanol–water partition coefficient (Wildman–Crippen LogP) is 3.56. The maximum Gasteiger partial charge on any atom is 0.323 e. The number of fused-ring (bicyclic) bond motifs is 3. The molecule has 0 amide bonds. The second-order valence-electron chi connectivity index (χ2n) is 7.77. The van der Waals surface area contributed by atoms with Gasteiger partial charge in [0, 0.05) is 46.5 Å². The van der Waals surface area contributed by atoms with E-state index in [0.29, 0.717) is 0 Å². The van der Waals surface area contributed by atoms with Crippen LogP contribution in [-0.2, 0) is 15.9 Å². The average Bonchev–Trinajstić information content (AvgIpc) is 2.87. The summed E-state index contributed by atoms with van der Waals surface area (Å²) < 4.78 is 154. The summed E-state index contributed by atoms with van der Waals surface area (Å²) >= 11 is 0. The highest BCUT2D eigenvalue weighted by Gasteiger charge is 2.41. The lowest BCUT2D eigenvalue weighted by atomic mass is 9.79. The van der Waals surface area contributed by atoms with Crippen LogP contribution in [0, 0.1) is 17.7 Å². The van der Waals surface area contributed by atoms with Crippen LogP contribution < -0.4 is 15.2 Å². The molecule has 1 aromatic carbocycles. The van der Waals surface area contributed by atoms with Gasteiger partial charge in [-0.2, -0.15) is 0 Å². The van der Waals surface area contributed by atoms with Crippen molar-refractivity contribution in [3.05, 3.63) is 23.2 Å². The number of hydrogen-bond donors (Lipinski definition) is 1. The summed E-state index contributed by atoms with van der Waals surface area (Å²) in [6.07, 6.45) is -4.63. The third-order valence-corrected chi connectivity index (χ3v) is 5.24. The maximum atomic E-state index is 13.5. The number of piperidine rings is 1. The summed E-state index contributed by atoms with van der Waals surface area (Å²) in [5.41, 5.74) is 4.75. The zero-order valence-electron chi connectivity index (χ0n) is 34.1. The van der Waals surface area contributed by atoms with E-state index in [0.717, 1.165) is 12.0 Å². The minimum Gasteiger partial charge on any atom is -0.493 e. The molecule has 1 aromatic rings. The van der Waals surface area contributed by atoms with Crippen LogP contribution in [0.1, 0.15) is 80.9 Å². The van der Waals surface area contributed by atoms with Gasteiger partial charge in [-0.1, -0.05) is 27.6 Å². The van der Waals surface area contributed by atoms with E-state index in [2.05, 4.69) is 0 Å². The molecule has 0 radical (unpaired) electrons.